The molecule has 0 bridgehead atoms. The first-order valence-electron chi connectivity index (χ1n) is 9.21. The summed E-state index contributed by atoms with van der Waals surface area (Å²) in [6.45, 7) is 3.21. The van der Waals surface area contributed by atoms with Gasteiger partial charge in [0.1, 0.15) is 0 Å². The molecular weight excluding hydrogens is 390 g/mol. The van der Waals surface area contributed by atoms with Gasteiger partial charge in [-0.05, 0) is 36.3 Å². The molecule has 0 unspecified atom stereocenters. The van der Waals surface area contributed by atoms with Crippen LogP contribution in [0.4, 0.5) is 0 Å². The Morgan fingerprint density at radius 1 is 1.10 bits per heavy atom. The van der Waals surface area contributed by atoms with Crippen molar-refractivity contribution in [1.82, 2.24) is 9.73 Å². The highest BCUT2D eigenvalue weighted by molar-refractivity contribution is 7.89. The number of hydrogen-bond acceptors (Lipinski definition) is 5. The summed E-state index contributed by atoms with van der Waals surface area (Å²) in [7, 11) is -3.66. The normalized spacial score (nSPS) is 16.1. The predicted octanol–water partition coefficient (Wildman–Crippen LogP) is 2.53. The summed E-state index contributed by atoms with van der Waals surface area (Å²) in [6, 6.07) is 15.7. The van der Waals surface area contributed by atoms with E-state index in [1.54, 1.807) is 18.3 Å². The zero-order chi connectivity index (χ0) is 20.7. The van der Waals surface area contributed by atoms with E-state index in [-0.39, 0.29) is 10.5 Å². The van der Waals surface area contributed by atoms with Gasteiger partial charge in [0.15, 0.2) is 0 Å². The van der Waals surface area contributed by atoms with Crippen molar-refractivity contribution >= 4 is 28.2 Å². The van der Waals surface area contributed by atoms with Crippen molar-refractivity contribution in [3.05, 3.63) is 71.3 Å². The number of benzene rings is 2. The predicted molar refractivity (Wildman–Crippen MR) is 112 cm³/mol. The molecule has 0 aromatic heterocycles. The van der Waals surface area contributed by atoms with Crippen LogP contribution in [0, 0.1) is 0 Å². The number of allylic oxidation sites excluding steroid dienone is 1. The van der Waals surface area contributed by atoms with Crippen LogP contribution in [0.25, 0.3) is 6.08 Å². The summed E-state index contributed by atoms with van der Waals surface area (Å²) in [4.78, 5) is 12.4. The molecule has 1 fully saturated rings. The quantitative estimate of drug-likeness (QED) is 0.582. The summed E-state index contributed by atoms with van der Waals surface area (Å²) < 4.78 is 32.0. The Labute approximate surface area is 170 Å². The van der Waals surface area contributed by atoms with Crippen LogP contribution in [-0.4, -0.2) is 51.1 Å². The van der Waals surface area contributed by atoms with Crippen LogP contribution >= 0.6 is 0 Å². The topological polar surface area (TPSA) is 88.1 Å². The van der Waals surface area contributed by atoms with Crippen molar-refractivity contribution in [3.8, 4) is 0 Å². The Morgan fingerprint density at radius 3 is 2.55 bits per heavy atom. The second-order valence-electron chi connectivity index (χ2n) is 6.54. The summed E-state index contributed by atoms with van der Waals surface area (Å²) in [6.07, 6.45) is 3.48. The number of carbonyl (C=O) groups excluding carboxylic acids is 1. The van der Waals surface area contributed by atoms with Crippen molar-refractivity contribution in [1.29, 1.82) is 0 Å². The standard InChI is InChI=1S/C21H23N3O4S/c1-17(14-18-6-3-2-4-7-18)16-22-23-21(25)19-8-5-9-20(15-19)29(26,27)24-10-12-28-13-11-24/h2-9,14-16H,10-13H2,1H3,(H,23,25)/b17-14+,22-16+. The lowest BCUT2D eigenvalue weighted by atomic mass is 10.1. The molecule has 1 N–H and O–H groups in total. The highest BCUT2D eigenvalue weighted by Gasteiger charge is 2.26. The number of ether oxygens (including phenoxy) is 1. The molecule has 2 aromatic rings. The molecule has 0 aliphatic carbocycles. The Hall–Kier alpha value is -2.81. The largest absolute Gasteiger partial charge is 0.379 e. The van der Waals surface area contributed by atoms with Gasteiger partial charge in [0.05, 0.1) is 24.3 Å². The van der Waals surface area contributed by atoms with Crippen LogP contribution in [0.3, 0.4) is 0 Å². The van der Waals surface area contributed by atoms with Gasteiger partial charge in [-0.25, -0.2) is 13.8 Å². The number of nitrogens with one attached hydrogen (secondary N) is 1. The average molecular weight is 413 g/mol. The van der Waals surface area contributed by atoms with Crippen molar-refractivity contribution in [2.75, 3.05) is 26.3 Å². The first kappa shape index (κ1) is 20.9. The van der Waals surface area contributed by atoms with Gasteiger partial charge in [0.25, 0.3) is 5.91 Å². The van der Waals surface area contributed by atoms with Gasteiger partial charge < -0.3 is 4.74 Å². The zero-order valence-electron chi connectivity index (χ0n) is 16.1. The minimum absolute atomic E-state index is 0.0798. The number of hydrazone groups is 1. The monoisotopic (exact) mass is 413 g/mol. The number of amides is 1. The second-order valence-corrected chi connectivity index (χ2v) is 8.48. The minimum Gasteiger partial charge on any atom is -0.379 e. The molecule has 2 aromatic carbocycles. The van der Waals surface area contributed by atoms with Gasteiger partial charge in [-0.15, -0.1) is 0 Å². The number of carbonyl (C=O) groups is 1. The Morgan fingerprint density at radius 2 is 1.83 bits per heavy atom. The van der Waals surface area contributed by atoms with Crippen LogP contribution in [-0.2, 0) is 14.8 Å². The van der Waals surface area contributed by atoms with Crippen molar-refractivity contribution in [2.45, 2.75) is 11.8 Å². The van der Waals surface area contributed by atoms with E-state index in [1.165, 1.54) is 16.4 Å². The van der Waals surface area contributed by atoms with Crippen LogP contribution < -0.4 is 5.43 Å². The van der Waals surface area contributed by atoms with E-state index in [0.717, 1.165) is 11.1 Å². The lowest BCUT2D eigenvalue weighted by molar-refractivity contribution is 0.0730. The number of sulfonamides is 1. The van der Waals surface area contributed by atoms with Gasteiger partial charge in [-0.2, -0.15) is 9.41 Å². The Kier molecular flexibility index (Phi) is 6.92. The fourth-order valence-electron chi connectivity index (χ4n) is 2.84. The highest BCUT2D eigenvalue weighted by atomic mass is 32.2. The molecule has 3 rings (SSSR count). The first-order valence-corrected chi connectivity index (χ1v) is 10.7. The number of morpholine rings is 1. The van der Waals surface area contributed by atoms with Gasteiger partial charge in [-0.1, -0.05) is 42.5 Å². The second kappa shape index (κ2) is 9.60. The van der Waals surface area contributed by atoms with E-state index in [2.05, 4.69) is 10.5 Å². The van der Waals surface area contributed by atoms with E-state index in [0.29, 0.717) is 26.3 Å². The fraction of sp³-hybridized carbons (Fsp3) is 0.238. The fourth-order valence-corrected chi connectivity index (χ4v) is 4.29. The van der Waals surface area contributed by atoms with Gasteiger partial charge in [0.2, 0.25) is 10.0 Å². The van der Waals surface area contributed by atoms with Crippen LogP contribution in [0.1, 0.15) is 22.8 Å². The minimum atomic E-state index is -3.66. The maximum atomic E-state index is 12.7. The molecule has 1 heterocycles. The molecule has 0 radical (unpaired) electrons. The van der Waals surface area contributed by atoms with Crippen LogP contribution in [0.2, 0.25) is 0 Å². The molecule has 0 spiro atoms. The number of nitrogens with zero attached hydrogens (tertiary/aromatic N) is 2. The number of hydrogen-bond donors (Lipinski definition) is 1. The summed E-state index contributed by atoms with van der Waals surface area (Å²) >= 11 is 0. The smallest absolute Gasteiger partial charge is 0.271 e. The SMILES string of the molecule is CC(/C=N/NC(=O)c1cccc(S(=O)(=O)N2CCOCC2)c1)=C\c1ccccc1. The van der Waals surface area contributed by atoms with E-state index in [1.807, 2.05) is 43.3 Å². The van der Waals surface area contributed by atoms with Crippen LogP contribution in [0.15, 0.2) is 70.2 Å². The van der Waals surface area contributed by atoms with E-state index < -0.39 is 15.9 Å². The van der Waals surface area contributed by atoms with Crippen molar-refractivity contribution in [2.24, 2.45) is 5.10 Å². The third-order valence-corrected chi connectivity index (χ3v) is 6.23. The van der Waals surface area contributed by atoms with Gasteiger partial charge in [-0.3, -0.25) is 4.79 Å². The molecule has 1 saturated heterocycles. The lowest BCUT2D eigenvalue weighted by Gasteiger charge is -2.26. The van der Waals surface area contributed by atoms with Crippen molar-refractivity contribution < 1.29 is 17.9 Å². The maximum Gasteiger partial charge on any atom is 0.271 e. The third-order valence-electron chi connectivity index (χ3n) is 4.33. The molecule has 1 aliphatic rings. The van der Waals surface area contributed by atoms with E-state index in [4.69, 9.17) is 4.74 Å². The third kappa shape index (κ3) is 5.60. The molecule has 1 aliphatic heterocycles. The Balaban J connectivity index is 1.67. The molecule has 152 valence electrons. The summed E-state index contributed by atoms with van der Waals surface area (Å²) in [5.41, 5.74) is 4.55. The number of rotatable bonds is 6. The van der Waals surface area contributed by atoms with Gasteiger partial charge >= 0.3 is 0 Å². The highest BCUT2D eigenvalue weighted by Crippen LogP contribution is 2.18. The molecule has 8 heteroatoms. The molecule has 1 amide bonds. The average Bonchev–Trinajstić information content (AvgIpc) is 2.75. The molecule has 7 nitrogen and oxygen atoms in total. The van der Waals surface area contributed by atoms with E-state index >= 15 is 0 Å². The van der Waals surface area contributed by atoms with Gasteiger partial charge in [0, 0.05) is 18.7 Å². The molecule has 29 heavy (non-hydrogen) atoms. The molecule has 0 atom stereocenters. The Bertz CT molecular complexity index is 1010. The van der Waals surface area contributed by atoms with E-state index in [9.17, 15) is 13.2 Å². The summed E-state index contributed by atoms with van der Waals surface area (Å²) in [5, 5.41) is 3.96. The lowest BCUT2D eigenvalue weighted by Crippen LogP contribution is -2.40. The van der Waals surface area contributed by atoms with Crippen molar-refractivity contribution in [3.63, 3.8) is 0 Å². The maximum absolute atomic E-state index is 12.7. The molecular formula is C21H23N3O4S. The molecule has 0 saturated carbocycles. The van der Waals surface area contributed by atoms with Crippen LogP contribution in [0.5, 0.6) is 0 Å². The summed E-state index contributed by atoms with van der Waals surface area (Å²) in [5.74, 6) is -0.479. The first-order chi connectivity index (χ1) is 14.0. The zero-order valence-corrected chi connectivity index (χ0v) is 16.9.